The number of thiophene rings is 1. The number of fused-ring (bicyclic) bond motifs is 1. The van der Waals surface area contributed by atoms with Crippen LogP contribution < -0.4 is 9.64 Å². The smallest absolute Gasteiger partial charge is 0.265 e. The molecule has 110 valence electrons. The molecule has 0 atom stereocenters. The van der Waals surface area contributed by atoms with E-state index >= 15 is 0 Å². The highest BCUT2D eigenvalue weighted by Gasteiger charge is 2.27. The van der Waals surface area contributed by atoms with Gasteiger partial charge in [-0.2, -0.15) is 4.98 Å². The molecule has 2 aromatic heterocycles. The Kier molecular flexibility index (Phi) is 3.12. The predicted molar refractivity (Wildman–Crippen MR) is 80.7 cm³/mol. The summed E-state index contributed by atoms with van der Waals surface area (Å²) in [5, 5.41) is 5.91. The molecule has 0 saturated heterocycles. The van der Waals surface area contributed by atoms with E-state index in [0.29, 0.717) is 17.5 Å². The quantitative estimate of drug-likeness (QED) is 0.743. The standard InChI is InChI=1S/C15H11N3O3S/c19-14-9-20-11-5-2-1-4-10(11)18(14)8-13-16-15(17-21-13)12-6-3-7-22-12/h1-7H,8-9H2. The summed E-state index contributed by atoms with van der Waals surface area (Å²) in [5.74, 6) is 1.49. The Hall–Kier alpha value is -2.67. The molecule has 0 N–H and O–H groups in total. The molecule has 0 spiro atoms. The molecule has 0 fully saturated rings. The van der Waals surface area contributed by atoms with E-state index < -0.39 is 0 Å². The number of carbonyl (C=O) groups excluding carboxylic acids is 1. The maximum Gasteiger partial charge on any atom is 0.265 e. The van der Waals surface area contributed by atoms with Crippen molar-refractivity contribution in [2.24, 2.45) is 0 Å². The van der Waals surface area contributed by atoms with Crippen molar-refractivity contribution in [1.82, 2.24) is 10.1 Å². The second-order valence-electron chi connectivity index (χ2n) is 4.73. The first kappa shape index (κ1) is 13.0. The maximum absolute atomic E-state index is 12.1. The summed E-state index contributed by atoms with van der Waals surface area (Å²) < 4.78 is 10.7. The van der Waals surface area contributed by atoms with Gasteiger partial charge in [0.05, 0.1) is 10.6 Å². The third kappa shape index (κ3) is 2.25. The highest BCUT2D eigenvalue weighted by atomic mass is 32.1. The van der Waals surface area contributed by atoms with Crippen molar-refractivity contribution >= 4 is 22.9 Å². The Labute approximate surface area is 129 Å². The molecule has 7 heteroatoms. The van der Waals surface area contributed by atoms with Crippen LogP contribution in [0.3, 0.4) is 0 Å². The minimum Gasteiger partial charge on any atom is -0.482 e. The molecule has 1 amide bonds. The zero-order valence-electron chi connectivity index (χ0n) is 11.4. The van der Waals surface area contributed by atoms with Gasteiger partial charge < -0.3 is 9.26 Å². The molecule has 6 nitrogen and oxygen atoms in total. The fourth-order valence-corrected chi connectivity index (χ4v) is 2.94. The molecule has 1 aliphatic heterocycles. The van der Waals surface area contributed by atoms with Crippen LogP contribution in [0.5, 0.6) is 5.75 Å². The summed E-state index contributed by atoms with van der Waals surface area (Å²) in [6.07, 6.45) is 0. The average Bonchev–Trinajstić information content (AvgIpc) is 3.21. The van der Waals surface area contributed by atoms with Crippen molar-refractivity contribution in [3.8, 4) is 16.5 Å². The Morgan fingerprint density at radius 2 is 2.14 bits per heavy atom. The molecule has 0 saturated carbocycles. The first-order valence-electron chi connectivity index (χ1n) is 6.70. The van der Waals surface area contributed by atoms with Gasteiger partial charge in [-0.1, -0.05) is 23.4 Å². The fraction of sp³-hybridized carbons (Fsp3) is 0.133. The lowest BCUT2D eigenvalue weighted by atomic mass is 10.2. The van der Waals surface area contributed by atoms with E-state index in [2.05, 4.69) is 10.1 Å². The largest absolute Gasteiger partial charge is 0.482 e. The Balaban J connectivity index is 1.62. The molecule has 1 aliphatic rings. The van der Waals surface area contributed by atoms with Gasteiger partial charge in [0.25, 0.3) is 5.91 Å². The molecule has 0 bridgehead atoms. The van der Waals surface area contributed by atoms with Gasteiger partial charge in [0.1, 0.15) is 12.3 Å². The van der Waals surface area contributed by atoms with Gasteiger partial charge in [-0.3, -0.25) is 9.69 Å². The summed E-state index contributed by atoms with van der Waals surface area (Å²) in [6, 6.07) is 11.3. The average molecular weight is 313 g/mol. The molecule has 3 heterocycles. The third-order valence-electron chi connectivity index (χ3n) is 3.31. The Morgan fingerprint density at radius 1 is 1.23 bits per heavy atom. The molecule has 0 unspecified atom stereocenters. The fourth-order valence-electron chi connectivity index (χ4n) is 2.29. The number of anilines is 1. The van der Waals surface area contributed by atoms with Gasteiger partial charge >= 0.3 is 0 Å². The minimum absolute atomic E-state index is 0.0168. The summed E-state index contributed by atoms with van der Waals surface area (Å²) in [5.41, 5.74) is 0.717. The lowest BCUT2D eigenvalue weighted by molar-refractivity contribution is -0.121. The molecule has 0 aliphatic carbocycles. The van der Waals surface area contributed by atoms with Crippen molar-refractivity contribution in [2.75, 3.05) is 11.5 Å². The number of nitrogens with zero attached hydrogens (tertiary/aromatic N) is 3. The number of aromatic nitrogens is 2. The third-order valence-corrected chi connectivity index (χ3v) is 4.18. The number of hydrogen-bond acceptors (Lipinski definition) is 6. The topological polar surface area (TPSA) is 68.5 Å². The predicted octanol–water partition coefficient (Wildman–Crippen LogP) is 2.72. The second-order valence-corrected chi connectivity index (χ2v) is 5.67. The minimum atomic E-state index is -0.130. The van der Waals surface area contributed by atoms with Crippen molar-refractivity contribution < 1.29 is 14.1 Å². The summed E-state index contributed by atoms with van der Waals surface area (Å²) >= 11 is 1.54. The second kappa shape index (κ2) is 5.27. The van der Waals surface area contributed by atoms with Crippen molar-refractivity contribution in [2.45, 2.75) is 6.54 Å². The van der Waals surface area contributed by atoms with Gasteiger partial charge in [0, 0.05) is 0 Å². The molecule has 3 aromatic rings. The number of carbonyl (C=O) groups is 1. The van der Waals surface area contributed by atoms with E-state index in [0.717, 1.165) is 10.6 Å². The summed E-state index contributed by atoms with van der Waals surface area (Å²) in [4.78, 5) is 19.0. The highest BCUT2D eigenvalue weighted by Crippen LogP contribution is 2.32. The molecule has 22 heavy (non-hydrogen) atoms. The SMILES string of the molecule is O=C1COc2ccccc2N1Cc1nc(-c2cccs2)no1. The van der Waals surface area contributed by atoms with Gasteiger partial charge in [0.2, 0.25) is 11.7 Å². The van der Waals surface area contributed by atoms with E-state index in [1.165, 1.54) is 11.3 Å². The van der Waals surface area contributed by atoms with E-state index in [-0.39, 0.29) is 19.1 Å². The number of hydrogen-bond donors (Lipinski definition) is 0. The molecule has 4 rings (SSSR count). The van der Waals surface area contributed by atoms with Crippen LogP contribution in [0, 0.1) is 0 Å². The zero-order chi connectivity index (χ0) is 14.9. The van der Waals surface area contributed by atoms with Crippen LogP contribution in [0.1, 0.15) is 5.89 Å². The van der Waals surface area contributed by atoms with Crippen LogP contribution in [-0.2, 0) is 11.3 Å². The van der Waals surface area contributed by atoms with Crippen molar-refractivity contribution in [3.05, 3.63) is 47.7 Å². The van der Waals surface area contributed by atoms with E-state index in [9.17, 15) is 4.79 Å². The first-order valence-corrected chi connectivity index (χ1v) is 7.58. The van der Waals surface area contributed by atoms with Crippen LogP contribution in [0.2, 0.25) is 0 Å². The summed E-state index contributed by atoms with van der Waals surface area (Å²) in [7, 11) is 0. The van der Waals surface area contributed by atoms with Crippen LogP contribution >= 0.6 is 11.3 Å². The number of benzene rings is 1. The molecule has 1 aromatic carbocycles. The van der Waals surface area contributed by atoms with Gasteiger partial charge in [-0.15, -0.1) is 11.3 Å². The van der Waals surface area contributed by atoms with Gasteiger partial charge in [-0.25, -0.2) is 0 Å². The lowest BCUT2D eigenvalue weighted by Gasteiger charge is -2.27. The first-order chi connectivity index (χ1) is 10.8. The van der Waals surface area contributed by atoms with Crippen LogP contribution in [0.4, 0.5) is 5.69 Å². The van der Waals surface area contributed by atoms with Crippen LogP contribution in [0.15, 0.2) is 46.3 Å². The van der Waals surface area contributed by atoms with E-state index in [1.807, 2.05) is 41.8 Å². The maximum atomic E-state index is 12.1. The lowest BCUT2D eigenvalue weighted by Crippen LogP contribution is -2.38. The van der Waals surface area contributed by atoms with Gasteiger partial charge in [0.15, 0.2) is 6.61 Å². The van der Waals surface area contributed by atoms with E-state index in [4.69, 9.17) is 9.26 Å². The normalized spacial score (nSPS) is 13.8. The Morgan fingerprint density at radius 3 is 3.00 bits per heavy atom. The van der Waals surface area contributed by atoms with Crippen molar-refractivity contribution in [3.63, 3.8) is 0 Å². The number of amides is 1. The number of rotatable bonds is 3. The number of ether oxygens (including phenoxy) is 1. The summed E-state index contributed by atoms with van der Waals surface area (Å²) in [6.45, 7) is 0.251. The monoisotopic (exact) mass is 313 g/mol. The Bertz CT molecular complexity index is 813. The van der Waals surface area contributed by atoms with Crippen molar-refractivity contribution in [1.29, 1.82) is 0 Å². The van der Waals surface area contributed by atoms with Gasteiger partial charge in [-0.05, 0) is 23.6 Å². The van der Waals surface area contributed by atoms with Crippen LogP contribution in [0.25, 0.3) is 10.7 Å². The molecular weight excluding hydrogens is 302 g/mol. The molecular formula is C15H11N3O3S. The van der Waals surface area contributed by atoms with Crippen LogP contribution in [-0.4, -0.2) is 22.7 Å². The van der Waals surface area contributed by atoms with E-state index in [1.54, 1.807) is 4.90 Å². The molecule has 0 radical (unpaired) electrons. The highest BCUT2D eigenvalue weighted by molar-refractivity contribution is 7.13. The zero-order valence-corrected chi connectivity index (χ0v) is 12.2. The number of para-hydroxylation sites is 2.